The van der Waals surface area contributed by atoms with Crippen molar-refractivity contribution in [2.45, 2.75) is 43.8 Å². The van der Waals surface area contributed by atoms with Crippen LogP contribution in [0.5, 0.6) is 0 Å². The first-order valence-electron chi connectivity index (χ1n) is 5.29. The molecule has 4 nitrogen and oxygen atoms in total. The van der Waals surface area contributed by atoms with Crippen LogP contribution in [0.4, 0.5) is 0 Å². The molecule has 1 fully saturated rings. The second-order valence-corrected chi connectivity index (χ2v) is 6.49. The highest BCUT2D eigenvalue weighted by molar-refractivity contribution is 7.90. The van der Waals surface area contributed by atoms with E-state index in [-0.39, 0.29) is 5.25 Å². The predicted molar refractivity (Wildman–Crippen MR) is 65.2 cm³/mol. The van der Waals surface area contributed by atoms with Gasteiger partial charge < -0.3 is 5.73 Å². The molecule has 0 saturated heterocycles. The van der Waals surface area contributed by atoms with Crippen molar-refractivity contribution < 1.29 is 8.42 Å². The summed E-state index contributed by atoms with van der Waals surface area (Å²) in [5.41, 5.74) is 5.30. The zero-order valence-electron chi connectivity index (χ0n) is 8.74. The Morgan fingerprint density at radius 2 is 1.93 bits per heavy atom. The molecule has 0 aromatic rings. The van der Waals surface area contributed by atoms with Crippen LogP contribution < -0.4 is 10.5 Å². The number of thiocarbonyl (C=S) groups is 1. The third-order valence-electron chi connectivity index (χ3n) is 2.67. The van der Waals surface area contributed by atoms with E-state index in [0.29, 0.717) is 18.0 Å². The topological polar surface area (TPSA) is 72.2 Å². The first-order valence-corrected chi connectivity index (χ1v) is 7.24. The van der Waals surface area contributed by atoms with E-state index in [1.807, 2.05) is 0 Å². The van der Waals surface area contributed by atoms with E-state index in [2.05, 4.69) is 16.9 Å². The second-order valence-electron chi connectivity index (χ2n) is 3.92. The van der Waals surface area contributed by atoms with Gasteiger partial charge >= 0.3 is 0 Å². The Morgan fingerprint density at radius 3 is 2.47 bits per heavy atom. The van der Waals surface area contributed by atoms with Crippen LogP contribution in [0.15, 0.2) is 0 Å². The molecule has 15 heavy (non-hydrogen) atoms. The molecule has 1 rings (SSSR count). The van der Waals surface area contributed by atoms with Gasteiger partial charge in [-0.25, -0.2) is 13.1 Å². The van der Waals surface area contributed by atoms with Crippen molar-refractivity contribution in [1.82, 2.24) is 4.72 Å². The lowest BCUT2D eigenvalue weighted by Gasteiger charge is -2.21. The lowest BCUT2D eigenvalue weighted by atomic mass is 10.0. The summed E-state index contributed by atoms with van der Waals surface area (Å²) in [6.07, 6.45) is 5.17. The maximum absolute atomic E-state index is 11.8. The lowest BCUT2D eigenvalue weighted by molar-refractivity contribution is 0.478. The maximum Gasteiger partial charge on any atom is 0.214 e. The van der Waals surface area contributed by atoms with Gasteiger partial charge in [0.1, 0.15) is 0 Å². The molecular formula is C9H18N2O2S2. The molecule has 1 aliphatic carbocycles. The fourth-order valence-corrected chi connectivity index (χ4v) is 3.49. The molecule has 0 bridgehead atoms. The first-order chi connectivity index (χ1) is 7.02. The summed E-state index contributed by atoms with van der Waals surface area (Å²) >= 11 is 4.68. The summed E-state index contributed by atoms with van der Waals surface area (Å²) in [6, 6.07) is 0. The minimum Gasteiger partial charge on any atom is -0.393 e. The van der Waals surface area contributed by atoms with Crippen LogP contribution in [0.1, 0.15) is 38.5 Å². The van der Waals surface area contributed by atoms with Crippen molar-refractivity contribution >= 4 is 27.2 Å². The van der Waals surface area contributed by atoms with Crippen molar-refractivity contribution in [2.24, 2.45) is 5.73 Å². The van der Waals surface area contributed by atoms with Gasteiger partial charge in [-0.1, -0.05) is 31.5 Å². The Morgan fingerprint density at radius 1 is 1.33 bits per heavy atom. The average molecular weight is 250 g/mol. The van der Waals surface area contributed by atoms with Crippen LogP contribution in [0, 0.1) is 0 Å². The normalized spacial score (nSPS) is 18.9. The van der Waals surface area contributed by atoms with Crippen molar-refractivity contribution in [1.29, 1.82) is 0 Å². The largest absolute Gasteiger partial charge is 0.393 e. The summed E-state index contributed by atoms with van der Waals surface area (Å²) in [7, 11) is -3.14. The molecule has 0 unspecified atom stereocenters. The maximum atomic E-state index is 11.8. The Labute approximate surface area is 96.7 Å². The number of hydrogen-bond donors (Lipinski definition) is 2. The average Bonchev–Trinajstić information content (AvgIpc) is 2.18. The molecule has 0 aliphatic heterocycles. The van der Waals surface area contributed by atoms with E-state index < -0.39 is 10.0 Å². The Kier molecular flexibility index (Phi) is 4.95. The van der Waals surface area contributed by atoms with Gasteiger partial charge in [0, 0.05) is 13.0 Å². The predicted octanol–water partition coefficient (Wildman–Crippen LogP) is 0.915. The quantitative estimate of drug-likeness (QED) is 0.712. The number of nitrogens with one attached hydrogen (secondary N) is 1. The van der Waals surface area contributed by atoms with Crippen LogP contribution in [-0.4, -0.2) is 25.2 Å². The van der Waals surface area contributed by atoms with Crippen LogP contribution in [0.25, 0.3) is 0 Å². The summed E-state index contributed by atoms with van der Waals surface area (Å²) in [4.78, 5) is 0.348. The second kappa shape index (κ2) is 5.77. The zero-order valence-corrected chi connectivity index (χ0v) is 10.4. The van der Waals surface area contributed by atoms with E-state index in [1.165, 1.54) is 0 Å². The smallest absolute Gasteiger partial charge is 0.214 e. The molecular weight excluding hydrogens is 232 g/mol. The van der Waals surface area contributed by atoms with Crippen LogP contribution in [0.2, 0.25) is 0 Å². The minimum absolute atomic E-state index is 0.211. The van der Waals surface area contributed by atoms with Crippen molar-refractivity contribution in [3.8, 4) is 0 Å². The van der Waals surface area contributed by atoms with Crippen LogP contribution in [0.3, 0.4) is 0 Å². The van der Waals surface area contributed by atoms with E-state index in [9.17, 15) is 8.42 Å². The molecule has 0 aromatic carbocycles. The summed E-state index contributed by atoms with van der Waals surface area (Å²) < 4.78 is 26.1. The van der Waals surface area contributed by atoms with Gasteiger partial charge in [-0.05, 0) is 12.8 Å². The van der Waals surface area contributed by atoms with Crippen LogP contribution >= 0.6 is 12.2 Å². The lowest BCUT2D eigenvalue weighted by Crippen LogP contribution is -2.37. The van der Waals surface area contributed by atoms with Crippen molar-refractivity contribution in [2.75, 3.05) is 6.54 Å². The van der Waals surface area contributed by atoms with Gasteiger partial charge in [0.2, 0.25) is 10.0 Å². The molecule has 0 spiro atoms. The van der Waals surface area contributed by atoms with Crippen LogP contribution in [-0.2, 0) is 10.0 Å². The highest BCUT2D eigenvalue weighted by Crippen LogP contribution is 2.22. The zero-order chi connectivity index (χ0) is 11.3. The van der Waals surface area contributed by atoms with Crippen molar-refractivity contribution in [3.63, 3.8) is 0 Å². The molecule has 3 N–H and O–H groups in total. The third kappa shape index (κ3) is 4.44. The molecule has 6 heteroatoms. The standard InChI is InChI=1S/C9H18N2O2S2/c10-9(14)6-7-11-15(12,13)8-4-2-1-3-5-8/h8,11H,1-7H2,(H2,10,14). The molecule has 0 radical (unpaired) electrons. The highest BCUT2D eigenvalue weighted by Gasteiger charge is 2.26. The number of hydrogen-bond acceptors (Lipinski definition) is 3. The summed E-state index contributed by atoms with van der Waals surface area (Å²) in [6.45, 7) is 0.328. The fraction of sp³-hybridized carbons (Fsp3) is 0.889. The van der Waals surface area contributed by atoms with Gasteiger partial charge in [-0.2, -0.15) is 0 Å². The molecule has 0 aromatic heterocycles. The monoisotopic (exact) mass is 250 g/mol. The van der Waals surface area contributed by atoms with E-state index in [0.717, 1.165) is 32.1 Å². The fourth-order valence-electron chi connectivity index (χ4n) is 1.81. The number of nitrogens with two attached hydrogens (primary N) is 1. The van der Waals surface area contributed by atoms with E-state index in [4.69, 9.17) is 5.73 Å². The molecule has 0 heterocycles. The van der Waals surface area contributed by atoms with Gasteiger partial charge in [-0.3, -0.25) is 0 Å². The number of sulfonamides is 1. The minimum atomic E-state index is -3.14. The molecule has 0 atom stereocenters. The molecule has 1 saturated carbocycles. The third-order valence-corrected chi connectivity index (χ3v) is 4.83. The number of rotatable bonds is 5. The Bertz CT molecular complexity index is 308. The Balaban J connectivity index is 2.40. The molecule has 88 valence electrons. The van der Waals surface area contributed by atoms with Gasteiger partial charge in [0.05, 0.1) is 10.2 Å². The summed E-state index contributed by atoms with van der Waals surface area (Å²) in [5.74, 6) is 0. The Hall–Kier alpha value is -0.200. The van der Waals surface area contributed by atoms with Gasteiger partial charge in [0.25, 0.3) is 0 Å². The van der Waals surface area contributed by atoms with Gasteiger partial charge in [0.15, 0.2) is 0 Å². The van der Waals surface area contributed by atoms with E-state index in [1.54, 1.807) is 0 Å². The molecule has 1 aliphatic rings. The van der Waals surface area contributed by atoms with E-state index >= 15 is 0 Å². The first kappa shape index (κ1) is 12.9. The van der Waals surface area contributed by atoms with Gasteiger partial charge in [-0.15, -0.1) is 0 Å². The van der Waals surface area contributed by atoms with Crippen molar-refractivity contribution in [3.05, 3.63) is 0 Å². The molecule has 0 amide bonds. The highest BCUT2D eigenvalue weighted by atomic mass is 32.2. The SMILES string of the molecule is NC(=S)CCNS(=O)(=O)C1CCCCC1. The summed E-state index contributed by atoms with van der Waals surface area (Å²) in [5, 5.41) is -0.211.